The van der Waals surface area contributed by atoms with Crippen molar-refractivity contribution in [3.8, 4) is 0 Å². The average molecular weight is 302 g/mol. The van der Waals surface area contributed by atoms with Gasteiger partial charge in [0, 0.05) is 16.6 Å². The van der Waals surface area contributed by atoms with Crippen molar-refractivity contribution in [2.75, 3.05) is 0 Å². The van der Waals surface area contributed by atoms with Crippen LogP contribution in [0.15, 0.2) is 22.7 Å². The lowest BCUT2D eigenvalue weighted by atomic mass is 10.1. The van der Waals surface area contributed by atoms with Crippen molar-refractivity contribution in [3.63, 3.8) is 0 Å². The normalized spacial score (nSPS) is 11.1. The maximum atomic E-state index is 13.0. The highest BCUT2D eigenvalue weighted by Crippen LogP contribution is 2.21. The summed E-state index contributed by atoms with van der Waals surface area (Å²) in [7, 11) is 0. The number of halogens is 2. The minimum Gasteiger partial charge on any atom is -0.334 e. The molecule has 17 heavy (non-hydrogen) atoms. The quantitative estimate of drug-likeness (QED) is 0.830. The third-order valence-electron chi connectivity index (χ3n) is 2.51. The Morgan fingerprint density at radius 3 is 2.18 bits per heavy atom. The van der Waals surface area contributed by atoms with Gasteiger partial charge >= 0.3 is 0 Å². The van der Waals surface area contributed by atoms with E-state index in [-0.39, 0.29) is 23.8 Å². The highest BCUT2D eigenvalue weighted by atomic mass is 79.9. The first-order valence-corrected chi connectivity index (χ1v) is 6.41. The van der Waals surface area contributed by atoms with E-state index in [0.29, 0.717) is 10.0 Å². The molecule has 0 bridgehead atoms. The first kappa shape index (κ1) is 14.2. The van der Waals surface area contributed by atoms with E-state index in [2.05, 4.69) is 15.9 Å². The topological polar surface area (TPSA) is 20.3 Å². The predicted octanol–water partition coefficient (Wildman–Crippen LogP) is 3.85. The molecule has 0 aliphatic rings. The van der Waals surface area contributed by atoms with Crippen LogP contribution in [0.4, 0.5) is 4.39 Å². The van der Waals surface area contributed by atoms with E-state index in [4.69, 9.17) is 0 Å². The van der Waals surface area contributed by atoms with E-state index in [9.17, 15) is 9.18 Å². The molecule has 0 saturated heterocycles. The zero-order valence-electron chi connectivity index (χ0n) is 10.5. The van der Waals surface area contributed by atoms with Crippen LogP contribution in [0.3, 0.4) is 0 Å². The minimum absolute atomic E-state index is 0.0816. The molecule has 0 aromatic heterocycles. The van der Waals surface area contributed by atoms with E-state index in [1.807, 2.05) is 27.7 Å². The molecule has 0 fully saturated rings. The van der Waals surface area contributed by atoms with Crippen LogP contribution in [0.25, 0.3) is 0 Å². The monoisotopic (exact) mass is 301 g/mol. The molecule has 0 spiro atoms. The highest BCUT2D eigenvalue weighted by Gasteiger charge is 2.23. The lowest BCUT2D eigenvalue weighted by Crippen LogP contribution is -2.42. The first-order chi connectivity index (χ1) is 7.84. The van der Waals surface area contributed by atoms with Crippen LogP contribution in [-0.4, -0.2) is 22.9 Å². The Bertz CT molecular complexity index is 410. The van der Waals surface area contributed by atoms with E-state index >= 15 is 0 Å². The molecule has 0 atom stereocenters. The summed E-state index contributed by atoms with van der Waals surface area (Å²) >= 11 is 3.23. The predicted molar refractivity (Wildman–Crippen MR) is 70.5 cm³/mol. The Labute approximate surface area is 110 Å². The van der Waals surface area contributed by atoms with Gasteiger partial charge in [0.15, 0.2) is 0 Å². The summed E-state index contributed by atoms with van der Waals surface area (Å²) in [4.78, 5) is 14.1. The molecule has 0 aliphatic heterocycles. The fourth-order valence-electron chi connectivity index (χ4n) is 1.87. The van der Waals surface area contributed by atoms with Gasteiger partial charge in [-0.15, -0.1) is 0 Å². The summed E-state index contributed by atoms with van der Waals surface area (Å²) in [6, 6.07) is 4.35. The number of carbonyl (C=O) groups is 1. The molecule has 0 saturated carbocycles. The molecule has 0 radical (unpaired) electrons. The van der Waals surface area contributed by atoms with Crippen molar-refractivity contribution in [2.45, 2.75) is 39.8 Å². The van der Waals surface area contributed by atoms with Crippen LogP contribution in [0, 0.1) is 5.82 Å². The SMILES string of the molecule is CC(C)N(C(=O)c1ccc(F)cc1Br)C(C)C. The van der Waals surface area contributed by atoms with E-state index < -0.39 is 0 Å². The summed E-state index contributed by atoms with van der Waals surface area (Å²) in [6.07, 6.45) is 0. The molecule has 1 aromatic carbocycles. The Hall–Kier alpha value is -0.900. The number of nitrogens with zero attached hydrogens (tertiary/aromatic N) is 1. The van der Waals surface area contributed by atoms with Gasteiger partial charge in [0.25, 0.3) is 5.91 Å². The number of hydrogen-bond acceptors (Lipinski definition) is 1. The second-order valence-corrected chi connectivity index (χ2v) is 5.38. The third-order valence-corrected chi connectivity index (χ3v) is 3.16. The number of rotatable bonds is 3. The van der Waals surface area contributed by atoms with Crippen molar-refractivity contribution < 1.29 is 9.18 Å². The van der Waals surface area contributed by atoms with Gasteiger partial charge in [0.2, 0.25) is 0 Å². The van der Waals surface area contributed by atoms with Crippen LogP contribution in [0.2, 0.25) is 0 Å². The van der Waals surface area contributed by atoms with Crippen LogP contribution in [-0.2, 0) is 0 Å². The van der Waals surface area contributed by atoms with Crippen molar-refractivity contribution >= 4 is 21.8 Å². The molecule has 4 heteroatoms. The van der Waals surface area contributed by atoms with Crippen molar-refractivity contribution in [2.24, 2.45) is 0 Å². The number of benzene rings is 1. The van der Waals surface area contributed by atoms with Crippen molar-refractivity contribution in [1.82, 2.24) is 4.90 Å². The lowest BCUT2D eigenvalue weighted by molar-refractivity contribution is 0.0642. The zero-order chi connectivity index (χ0) is 13.2. The highest BCUT2D eigenvalue weighted by molar-refractivity contribution is 9.10. The minimum atomic E-state index is -0.353. The van der Waals surface area contributed by atoms with Gasteiger partial charge in [0.05, 0.1) is 5.56 Å². The fraction of sp³-hybridized carbons (Fsp3) is 0.462. The molecule has 0 N–H and O–H groups in total. The lowest BCUT2D eigenvalue weighted by Gasteiger charge is -2.31. The summed E-state index contributed by atoms with van der Waals surface area (Å²) in [5.41, 5.74) is 0.494. The maximum absolute atomic E-state index is 13.0. The van der Waals surface area contributed by atoms with Gasteiger partial charge in [0.1, 0.15) is 5.82 Å². The van der Waals surface area contributed by atoms with E-state index in [1.165, 1.54) is 18.2 Å². The summed E-state index contributed by atoms with van der Waals surface area (Å²) in [5.74, 6) is -0.434. The molecular weight excluding hydrogens is 285 g/mol. The number of hydrogen-bond donors (Lipinski definition) is 0. The first-order valence-electron chi connectivity index (χ1n) is 5.62. The maximum Gasteiger partial charge on any atom is 0.255 e. The zero-order valence-corrected chi connectivity index (χ0v) is 12.1. The number of amides is 1. The second-order valence-electron chi connectivity index (χ2n) is 4.52. The molecule has 2 nitrogen and oxygen atoms in total. The van der Waals surface area contributed by atoms with Gasteiger partial charge in [-0.3, -0.25) is 4.79 Å². The molecule has 1 rings (SSSR count). The molecule has 94 valence electrons. The van der Waals surface area contributed by atoms with Gasteiger partial charge in [-0.2, -0.15) is 0 Å². The van der Waals surface area contributed by atoms with Crippen LogP contribution in [0.1, 0.15) is 38.1 Å². The largest absolute Gasteiger partial charge is 0.334 e. The van der Waals surface area contributed by atoms with Gasteiger partial charge in [-0.1, -0.05) is 0 Å². The third kappa shape index (κ3) is 3.28. The van der Waals surface area contributed by atoms with Gasteiger partial charge in [-0.05, 0) is 61.8 Å². The molecule has 0 heterocycles. The van der Waals surface area contributed by atoms with Crippen LogP contribution < -0.4 is 0 Å². The summed E-state index contributed by atoms with van der Waals surface area (Å²) in [6.45, 7) is 7.87. The summed E-state index contributed by atoms with van der Waals surface area (Å²) in [5, 5.41) is 0. The standard InChI is InChI=1S/C13H17BrFNO/c1-8(2)16(9(3)4)13(17)11-6-5-10(15)7-12(11)14/h5-9H,1-4H3. The Morgan fingerprint density at radius 1 is 1.24 bits per heavy atom. The Balaban J connectivity index is 3.10. The van der Waals surface area contributed by atoms with E-state index in [0.717, 1.165) is 0 Å². The molecule has 0 unspecified atom stereocenters. The molecule has 1 amide bonds. The van der Waals surface area contributed by atoms with Gasteiger partial charge < -0.3 is 4.90 Å². The van der Waals surface area contributed by atoms with Crippen LogP contribution in [0.5, 0.6) is 0 Å². The van der Waals surface area contributed by atoms with Crippen LogP contribution >= 0.6 is 15.9 Å². The molecule has 0 aliphatic carbocycles. The second kappa shape index (κ2) is 5.63. The van der Waals surface area contributed by atoms with Gasteiger partial charge in [-0.25, -0.2) is 4.39 Å². The Morgan fingerprint density at radius 2 is 1.76 bits per heavy atom. The molecule has 1 aromatic rings. The smallest absolute Gasteiger partial charge is 0.255 e. The molecular formula is C13H17BrFNO. The summed E-state index contributed by atoms with van der Waals surface area (Å²) < 4.78 is 13.5. The van der Waals surface area contributed by atoms with Crippen molar-refractivity contribution in [3.05, 3.63) is 34.1 Å². The van der Waals surface area contributed by atoms with E-state index in [1.54, 1.807) is 4.90 Å². The Kier molecular flexibility index (Phi) is 4.69. The number of carbonyl (C=O) groups excluding carboxylic acids is 1. The fourth-order valence-corrected chi connectivity index (χ4v) is 2.39. The average Bonchev–Trinajstić information content (AvgIpc) is 2.15. The van der Waals surface area contributed by atoms with Crippen molar-refractivity contribution in [1.29, 1.82) is 0 Å².